The van der Waals surface area contributed by atoms with E-state index >= 15 is 0 Å². The minimum Gasteiger partial charge on any atom is -0.496 e. The summed E-state index contributed by atoms with van der Waals surface area (Å²) in [7, 11) is 1.47. The summed E-state index contributed by atoms with van der Waals surface area (Å²) in [5.74, 6) is -0.378. The summed E-state index contributed by atoms with van der Waals surface area (Å²) in [5.41, 5.74) is 6.22. The molecule has 156 valence electrons. The summed E-state index contributed by atoms with van der Waals surface area (Å²) in [6, 6.07) is 4.72. The molecule has 3 rings (SSSR count). The highest BCUT2D eigenvalue weighted by molar-refractivity contribution is 7.09. The number of nitrogens with zero attached hydrogens (tertiary/aromatic N) is 3. The lowest BCUT2D eigenvalue weighted by molar-refractivity contribution is -0.123. The van der Waals surface area contributed by atoms with Crippen LogP contribution in [-0.4, -0.2) is 66.4 Å². The number of carbonyl (C=O) groups is 2. The van der Waals surface area contributed by atoms with Gasteiger partial charge in [0.2, 0.25) is 0 Å². The Morgan fingerprint density at radius 3 is 2.59 bits per heavy atom. The Bertz CT molecular complexity index is 867. The third-order valence-electron chi connectivity index (χ3n) is 4.61. The topological polar surface area (TPSA) is 86.8 Å². The molecule has 0 aliphatic carbocycles. The molecule has 29 heavy (non-hydrogen) atoms. The number of ether oxygens (including phenoxy) is 1. The van der Waals surface area contributed by atoms with E-state index in [1.807, 2.05) is 6.92 Å². The third-order valence-corrected chi connectivity index (χ3v) is 5.66. The van der Waals surface area contributed by atoms with E-state index in [9.17, 15) is 9.59 Å². The summed E-state index contributed by atoms with van der Waals surface area (Å²) < 4.78 is 5.15. The van der Waals surface area contributed by atoms with Crippen LogP contribution >= 0.6 is 22.9 Å². The molecule has 2 N–H and O–H groups in total. The second-order valence-electron chi connectivity index (χ2n) is 6.76. The van der Waals surface area contributed by atoms with E-state index < -0.39 is 5.91 Å². The summed E-state index contributed by atoms with van der Waals surface area (Å²) in [6.45, 7) is 6.37. The second-order valence-corrected chi connectivity index (χ2v) is 8.26. The van der Waals surface area contributed by atoms with E-state index in [4.69, 9.17) is 16.3 Å². The number of amides is 2. The molecule has 1 aliphatic rings. The maximum atomic E-state index is 12.3. The van der Waals surface area contributed by atoms with Crippen molar-refractivity contribution in [2.24, 2.45) is 0 Å². The fourth-order valence-corrected chi connectivity index (χ4v) is 3.89. The van der Waals surface area contributed by atoms with Crippen molar-refractivity contribution in [3.63, 3.8) is 0 Å². The van der Waals surface area contributed by atoms with Crippen LogP contribution in [0.4, 0.5) is 0 Å². The summed E-state index contributed by atoms with van der Waals surface area (Å²) in [5, 5.41) is 3.58. The standard InChI is InChI=1S/C19H24ClN5O3S/c1-13-21-15(12-29-13)10-24-5-7-25(8-6-24)11-18(26)22-23-19(27)16-9-14(20)3-4-17(16)28-2/h3-4,9,12H,5-8,10-11H2,1-2H3,(H,22,26)(H,23,27). The highest BCUT2D eigenvalue weighted by atomic mass is 35.5. The number of methoxy groups -OCH3 is 1. The molecule has 0 radical (unpaired) electrons. The number of thiazole rings is 1. The lowest BCUT2D eigenvalue weighted by Crippen LogP contribution is -2.51. The van der Waals surface area contributed by atoms with Crippen LogP contribution in [-0.2, 0) is 11.3 Å². The molecule has 2 amide bonds. The van der Waals surface area contributed by atoms with Crippen LogP contribution in [0.15, 0.2) is 23.6 Å². The number of hydrogen-bond donors (Lipinski definition) is 2. The first kappa shape index (κ1) is 21.5. The zero-order valence-electron chi connectivity index (χ0n) is 16.4. The highest BCUT2D eigenvalue weighted by Gasteiger charge is 2.20. The van der Waals surface area contributed by atoms with E-state index in [0.29, 0.717) is 10.8 Å². The van der Waals surface area contributed by atoms with Crippen LogP contribution in [0.25, 0.3) is 0 Å². The fraction of sp³-hybridized carbons (Fsp3) is 0.421. The normalized spacial score (nSPS) is 15.1. The zero-order valence-corrected chi connectivity index (χ0v) is 18.0. The zero-order chi connectivity index (χ0) is 20.8. The van der Waals surface area contributed by atoms with E-state index in [2.05, 4.69) is 31.0 Å². The molecule has 0 bridgehead atoms. The van der Waals surface area contributed by atoms with Crippen LogP contribution < -0.4 is 15.6 Å². The molecule has 1 aromatic heterocycles. The molecule has 1 aromatic carbocycles. The Balaban J connectivity index is 1.41. The van der Waals surface area contributed by atoms with Crippen molar-refractivity contribution in [1.82, 2.24) is 25.6 Å². The van der Waals surface area contributed by atoms with Gasteiger partial charge in [0.25, 0.3) is 11.8 Å². The average Bonchev–Trinajstić information content (AvgIpc) is 3.12. The molecule has 2 heterocycles. The van der Waals surface area contributed by atoms with Crippen LogP contribution in [0.1, 0.15) is 21.1 Å². The van der Waals surface area contributed by atoms with Gasteiger partial charge in [-0.2, -0.15) is 0 Å². The first-order valence-electron chi connectivity index (χ1n) is 9.23. The van der Waals surface area contributed by atoms with Gasteiger partial charge in [-0.1, -0.05) is 11.6 Å². The van der Waals surface area contributed by atoms with Crippen LogP contribution in [0.3, 0.4) is 0 Å². The fourth-order valence-electron chi connectivity index (χ4n) is 3.11. The Labute approximate surface area is 178 Å². The Hall–Kier alpha value is -2.20. The molecule has 10 heteroatoms. The predicted octanol–water partition coefficient (Wildman–Crippen LogP) is 1.69. The van der Waals surface area contributed by atoms with Gasteiger partial charge >= 0.3 is 0 Å². The SMILES string of the molecule is COc1ccc(Cl)cc1C(=O)NNC(=O)CN1CCN(Cc2csc(C)n2)CC1. The van der Waals surface area contributed by atoms with Crippen molar-refractivity contribution in [1.29, 1.82) is 0 Å². The number of carbonyl (C=O) groups excluding carboxylic acids is 2. The maximum absolute atomic E-state index is 12.3. The molecule has 1 fully saturated rings. The summed E-state index contributed by atoms with van der Waals surface area (Å²) in [4.78, 5) is 33.4. The smallest absolute Gasteiger partial charge is 0.273 e. The molecular weight excluding hydrogens is 414 g/mol. The largest absolute Gasteiger partial charge is 0.496 e. The number of halogens is 1. The Morgan fingerprint density at radius 1 is 1.21 bits per heavy atom. The lowest BCUT2D eigenvalue weighted by atomic mass is 10.2. The van der Waals surface area contributed by atoms with Crippen molar-refractivity contribution in [3.05, 3.63) is 44.9 Å². The predicted molar refractivity (Wildman–Crippen MR) is 112 cm³/mol. The molecule has 0 atom stereocenters. The quantitative estimate of drug-likeness (QED) is 0.669. The molecule has 0 unspecified atom stereocenters. The summed E-state index contributed by atoms with van der Waals surface area (Å²) in [6.07, 6.45) is 0. The van der Waals surface area contributed by atoms with Crippen LogP contribution in [0, 0.1) is 6.92 Å². The molecule has 1 aliphatic heterocycles. The number of aryl methyl sites for hydroxylation is 1. The van der Waals surface area contributed by atoms with Crippen molar-refractivity contribution in [2.45, 2.75) is 13.5 Å². The Morgan fingerprint density at radius 2 is 1.93 bits per heavy atom. The number of benzene rings is 1. The second kappa shape index (κ2) is 10.0. The molecule has 1 saturated heterocycles. The average molecular weight is 438 g/mol. The van der Waals surface area contributed by atoms with Gasteiger partial charge in [-0.25, -0.2) is 4.98 Å². The van der Waals surface area contributed by atoms with Gasteiger partial charge in [0.15, 0.2) is 0 Å². The number of hydrazine groups is 1. The van der Waals surface area contributed by atoms with Gasteiger partial charge in [0.05, 0.1) is 29.9 Å². The number of aromatic nitrogens is 1. The van der Waals surface area contributed by atoms with Gasteiger partial charge in [0.1, 0.15) is 5.75 Å². The van der Waals surface area contributed by atoms with E-state index in [1.165, 1.54) is 13.2 Å². The monoisotopic (exact) mass is 437 g/mol. The van der Waals surface area contributed by atoms with Gasteiger partial charge in [-0.3, -0.25) is 30.2 Å². The van der Waals surface area contributed by atoms with E-state index in [0.717, 1.165) is 43.4 Å². The first-order valence-corrected chi connectivity index (χ1v) is 10.5. The van der Waals surface area contributed by atoms with Gasteiger partial charge in [0, 0.05) is 43.1 Å². The number of piperazine rings is 1. The van der Waals surface area contributed by atoms with Gasteiger partial charge < -0.3 is 4.74 Å². The number of nitrogens with one attached hydrogen (secondary N) is 2. The van der Waals surface area contributed by atoms with E-state index in [-0.39, 0.29) is 18.0 Å². The number of rotatable bonds is 6. The number of hydrogen-bond acceptors (Lipinski definition) is 7. The van der Waals surface area contributed by atoms with Crippen molar-refractivity contribution < 1.29 is 14.3 Å². The first-order chi connectivity index (χ1) is 13.9. The minimum atomic E-state index is -0.485. The van der Waals surface area contributed by atoms with Gasteiger partial charge in [-0.05, 0) is 25.1 Å². The van der Waals surface area contributed by atoms with Crippen LogP contribution in [0.5, 0.6) is 5.75 Å². The van der Waals surface area contributed by atoms with Crippen LogP contribution in [0.2, 0.25) is 5.02 Å². The molecule has 2 aromatic rings. The van der Waals surface area contributed by atoms with Gasteiger partial charge in [-0.15, -0.1) is 11.3 Å². The molecular formula is C19H24ClN5O3S. The minimum absolute atomic E-state index is 0.219. The maximum Gasteiger partial charge on any atom is 0.273 e. The van der Waals surface area contributed by atoms with Crippen molar-refractivity contribution in [2.75, 3.05) is 39.8 Å². The molecule has 0 saturated carbocycles. The van der Waals surface area contributed by atoms with Crippen molar-refractivity contribution >= 4 is 34.8 Å². The lowest BCUT2D eigenvalue weighted by Gasteiger charge is -2.33. The Kier molecular flexibility index (Phi) is 7.43. The summed E-state index contributed by atoms with van der Waals surface area (Å²) >= 11 is 7.60. The molecule has 0 spiro atoms. The highest BCUT2D eigenvalue weighted by Crippen LogP contribution is 2.22. The van der Waals surface area contributed by atoms with Crippen molar-refractivity contribution in [3.8, 4) is 5.75 Å². The third kappa shape index (κ3) is 6.14. The molecule has 8 nitrogen and oxygen atoms in total. The van der Waals surface area contributed by atoms with E-state index in [1.54, 1.807) is 23.5 Å².